The number of hydrogen-bond acceptors (Lipinski definition) is 4. The Morgan fingerprint density at radius 2 is 1.62 bits per heavy atom. The number of hydrazine groups is 1. The smallest absolute Gasteiger partial charge is 0.272 e. The maximum absolute atomic E-state index is 11.2. The predicted octanol–water partition coefficient (Wildman–Crippen LogP) is 0.810. The first-order valence-electron chi connectivity index (χ1n) is 4.53. The summed E-state index contributed by atoms with van der Waals surface area (Å²) < 4.78 is 0. The van der Waals surface area contributed by atoms with E-state index in [2.05, 4.69) is 5.43 Å². The van der Waals surface area contributed by atoms with Gasteiger partial charge < -0.3 is 0 Å². The van der Waals surface area contributed by atoms with Crippen molar-refractivity contribution in [3.63, 3.8) is 0 Å². The van der Waals surface area contributed by atoms with Crippen LogP contribution in [0.25, 0.3) is 0 Å². The van der Waals surface area contributed by atoms with Gasteiger partial charge >= 0.3 is 0 Å². The summed E-state index contributed by atoms with van der Waals surface area (Å²) in [6.07, 6.45) is 2.39. The Labute approximate surface area is 91.6 Å². The summed E-state index contributed by atoms with van der Waals surface area (Å²) in [5, 5.41) is 9.50. The molecule has 78 valence electrons. The molecule has 0 bridgehead atoms. The highest BCUT2D eigenvalue weighted by Gasteiger charge is 2.23. The standard InChI is InChI=1S/C11H7N3O2/c12-7-8-1-3-9(4-2-8)13-14-10(15)5-6-11(14)16/h1-6,13H. The van der Waals surface area contributed by atoms with E-state index in [-0.39, 0.29) is 0 Å². The summed E-state index contributed by atoms with van der Waals surface area (Å²) >= 11 is 0. The molecule has 2 rings (SSSR count). The second kappa shape index (κ2) is 3.87. The van der Waals surface area contributed by atoms with Crippen LogP contribution in [-0.4, -0.2) is 16.8 Å². The van der Waals surface area contributed by atoms with E-state index in [1.807, 2.05) is 6.07 Å². The van der Waals surface area contributed by atoms with Crippen LogP contribution in [0.15, 0.2) is 36.4 Å². The van der Waals surface area contributed by atoms with E-state index in [1.165, 1.54) is 12.2 Å². The number of carbonyl (C=O) groups is 2. The van der Waals surface area contributed by atoms with Gasteiger partial charge in [-0.1, -0.05) is 0 Å². The van der Waals surface area contributed by atoms with Gasteiger partial charge in [0, 0.05) is 12.2 Å². The minimum absolute atomic E-state index is 0.408. The Kier molecular flexibility index (Phi) is 2.40. The third-order valence-corrected chi connectivity index (χ3v) is 2.06. The fourth-order valence-electron chi connectivity index (χ4n) is 1.26. The molecule has 0 radical (unpaired) electrons. The van der Waals surface area contributed by atoms with Crippen molar-refractivity contribution >= 4 is 17.5 Å². The van der Waals surface area contributed by atoms with Crippen LogP contribution in [0.4, 0.5) is 5.69 Å². The first-order valence-corrected chi connectivity index (χ1v) is 4.53. The second-order valence-corrected chi connectivity index (χ2v) is 3.15. The molecule has 5 heteroatoms. The van der Waals surface area contributed by atoms with Gasteiger partial charge in [-0.3, -0.25) is 15.0 Å². The van der Waals surface area contributed by atoms with Gasteiger partial charge in [0.05, 0.1) is 17.3 Å². The number of hydrogen-bond donors (Lipinski definition) is 1. The van der Waals surface area contributed by atoms with E-state index in [0.29, 0.717) is 11.3 Å². The van der Waals surface area contributed by atoms with Crippen LogP contribution < -0.4 is 5.43 Å². The zero-order valence-electron chi connectivity index (χ0n) is 8.18. The maximum Gasteiger partial charge on any atom is 0.272 e. The number of amides is 2. The first kappa shape index (κ1) is 9.93. The van der Waals surface area contributed by atoms with E-state index in [0.717, 1.165) is 5.01 Å². The zero-order chi connectivity index (χ0) is 11.5. The molecule has 0 aromatic heterocycles. The number of rotatable bonds is 2. The SMILES string of the molecule is N#Cc1ccc(NN2C(=O)C=CC2=O)cc1. The molecule has 16 heavy (non-hydrogen) atoms. The monoisotopic (exact) mass is 213 g/mol. The zero-order valence-corrected chi connectivity index (χ0v) is 8.18. The minimum atomic E-state index is -0.408. The van der Waals surface area contributed by atoms with Crippen molar-refractivity contribution in [3.8, 4) is 6.07 Å². The Balaban J connectivity index is 2.13. The van der Waals surface area contributed by atoms with Gasteiger partial charge in [0.15, 0.2) is 0 Å². The molecule has 0 saturated heterocycles. The molecule has 2 amide bonds. The lowest BCUT2D eigenvalue weighted by atomic mass is 10.2. The number of anilines is 1. The van der Waals surface area contributed by atoms with Crippen molar-refractivity contribution < 1.29 is 9.59 Å². The number of nitrogens with zero attached hydrogens (tertiary/aromatic N) is 2. The molecule has 1 aromatic carbocycles. The molecule has 0 fully saturated rings. The van der Waals surface area contributed by atoms with Gasteiger partial charge in [0.25, 0.3) is 11.8 Å². The van der Waals surface area contributed by atoms with Crippen LogP contribution in [0.1, 0.15) is 5.56 Å². The number of nitrogens with one attached hydrogen (secondary N) is 1. The highest BCUT2D eigenvalue weighted by atomic mass is 16.2. The largest absolute Gasteiger partial charge is 0.288 e. The summed E-state index contributed by atoms with van der Waals surface area (Å²) in [7, 11) is 0. The molecule has 0 saturated carbocycles. The molecule has 1 N–H and O–H groups in total. The molecular formula is C11H7N3O2. The van der Waals surface area contributed by atoms with E-state index >= 15 is 0 Å². The lowest BCUT2D eigenvalue weighted by molar-refractivity contribution is -0.135. The normalized spacial score (nSPS) is 14.1. The molecular weight excluding hydrogens is 206 g/mol. The lowest BCUT2D eigenvalue weighted by Crippen LogP contribution is -2.35. The molecule has 0 unspecified atom stereocenters. The van der Waals surface area contributed by atoms with Crippen LogP contribution >= 0.6 is 0 Å². The van der Waals surface area contributed by atoms with Gasteiger partial charge in [-0.2, -0.15) is 10.3 Å². The highest BCUT2D eigenvalue weighted by molar-refractivity contribution is 6.13. The molecule has 1 aliphatic heterocycles. The molecule has 5 nitrogen and oxygen atoms in total. The topological polar surface area (TPSA) is 73.2 Å². The fourth-order valence-corrected chi connectivity index (χ4v) is 1.26. The second-order valence-electron chi connectivity index (χ2n) is 3.15. The van der Waals surface area contributed by atoms with Gasteiger partial charge in [-0.15, -0.1) is 0 Å². The van der Waals surface area contributed by atoms with E-state index in [1.54, 1.807) is 24.3 Å². The van der Waals surface area contributed by atoms with Crippen molar-refractivity contribution in [2.45, 2.75) is 0 Å². The van der Waals surface area contributed by atoms with Crippen LogP contribution in [0.2, 0.25) is 0 Å². The van der Waals surface area contributed by atoms with Crippen molar-refractivity contribution in [2.75, 3.05) is 5.43 Å². The van der Waals surface area contributed by atoms with Gasteiger partial charge in [0.1, 0.15) is 0 Å². The van der Waals surface area contributed by atoms with E-state index in [4.69, 9.17) is 5.26 Å². The summed E-state index contributed by atoms with van der Waals surface area (Å²) in [6, 6.07) is 8.42. The summed E-state index contributed by atoms with van der Waals surface area (Å²) in [6.45, 7) is 0. The molecule has 1 aliphatic rings. The van der Waals surface area contributed by atoms with Crippen molar-refractivity contribution in [3.05, 3.63) is 42.0 Å². The molecule has 0 atom stereocenters. The van der Waals surface area contributed by atoms with E-state index in [9.17, 15) is 9.59 Å². The third kappa shape index (κ3) is 1.77. The summed E-state index contributed by atoms with van der Waals surface area (Å²) in [5.41, 5.74) is 3.74. The average Bonchev–Trinajstić information content (AvgIpc) is 2.62. The summed E-state index contributed by atoms with van der Waals surface area (Å²) in [4.78, 5) is 22.4. The van der Waals surface area contributed by atoms with Gasteiger partial charge in [-0.05, 0) is 24.3 Å². The fraction of sp³-hybridized carbons (Fsp3) is 0. The summed E-state index contributed by atoms with van der Waals surface area (Å²) in [5.74, 6) is -0.816. The van der Waals surface area contributed by atoms with Gasteiger partial charge in [0.2, 0.25) is 0 Å². The highest BCUT2D eigenvalue weighted by Crippen LogP contribution is 2.12. The average molecular weight is 213 g/mol. The molecule has 1 heterocycles. The molecule has 0 spiro atoms. The van der Waals surface area contributed by atoms with Crippen LogP contribution in [0.5, 0.6) is 0 Å². The number of benzene rings is 1. The van der Waals surface area contributed by atoms with Gasteiger partial charge in [-0.25, -0.2) is 0 Å². The number of imide groups is 1. The minimum Gasteiger partial charge on any atom is -0.288 e. The molecule has 0 aliphatic carbocycles. The van der Waals surface area contributed by atoms with Crippen LogP contribution in [-0.2, 0) is 9.59 Å². The van der Waals surface area contributed by atoms with Crippen LogP contribution in [0, 0.1) is 11.3 Å². The van der Waals surface area contributed by atoms with Crippen LogP contribution in [0.3, 0.4) is 0 Å². The molecule has 1 aromatic rings. The third-order valence-electron chi connectivity index (χ3n) is 2.06. The quantitative estimate of drug-likeness (QED) is 0.738. The van der Waals surface area contributed by atoms with Crippen molar-refractivity contribution in [2.24, 2.45) is 0 Å². The Bertz CT molecular complexity index is 493. The Hall–Kier alpha value is -2.61. The van der Waals surface area contributed by atoms with Crippen molar-refractivity contribution in [1.82, 2.24) is 5.01 Å². The Morgan fingerprint density at radius 1 is 1.06 bits per heavy atom. The van der Waals surface area contributed by atoms with Crippen molar-refractivity contribution in [1.29, 1.82) is 5.26 Å². The number of nitriles is 1. The lowest BCUT2D eigenvalue weighted by Gasteiger charge is -2.15. The predicted molar refractivity (Wildman–Crippen MR) is 55.8 cm³/mol. The van der Waals surface area contributed by atoms with E-state index < -0.39 is 11.8 Å². The maximum atomic E-state index is 11.2. The Morgan fingerprint density at radius 3 is 2.12 bits per heavy atom. The number of carbonyl (C=O) groups excluding carboxylic acids is 2. The first-order chi connectivity index (χ1) is 7.70.